The van der Waals surface area contributed by atoms with Crippen LogP contribution in [0.4, 0.5) is 0 Å². The van der Waals surface area contributed by atoms with E-state index in [1.807, 2.05) is 11.3 Å². The quantitative estimate of drug-likeness (QED) is 0.891. The third-order valence-corrected chi connectivity index (χ3v) is 6.11. The second-order valence-electron chi connectivity index (χ2n) is 5.93. The summed E-state index contributed by atoms with van der Waals surface area (Å²) < 4.78 is 1.19. The Balaban J connectivity index is 1.97. The molecule has 0 unspecified atom stereocenters. The lowest BCUT2D eigenvalue weighted by atomic mass is 9.63. The van der Waals surface area contributed by atoms with E-state index in [2.05, 4.69) is 53.2 Å². The van der Waals surface area contributed by atoms with Crippen LogP contribution in [0, 0.1) is 11.8 Å². The van der Waals surface area contributed by atoms with Crippen LogP contribution in [0.5, 0.6) is 0 Å². The molecule has 1 fully saturated rings. The van der Waals surface area contributed by atoms with Gasteiger partial charge in [0.05, 0.1) is 0 Å². The van der Waals surface area contributed by atoms with Gasteiger partial charge in [0, 0.05) is 33.4 Å². The summed E-state index contributed by atoms with van der Waals surface area (Å²) in [5, 5.41) is 2.15. The summed E-state index contributed by atoms with van der Waals surface area (Å²) in [5.74, 6) is 1.64. The van der Waals surface area contributed by atoms with Crippen LogP contribution in [0.3, 0.4) is 0 Å². The molecular weight excluding hydrogens is 308 g/mol. The standard InChI is InChI=1S/C14H23BrN2S/c1-10(2)11-5-14(6-11,9-16)17(3)7-13-4-12(15)8-18-13/h4,8,10-11H,5-7,9,16H2,1-3H3. The van der Waals surface area contributed by atoms with Gasteiger partial charge >= 0.3 is 0 Å². The second-order valence-corrected chi connectivity index (χ2v) is 7.84. The smallest absolute Gasteiger partial charge is 0.0338 e. The maximum absolute atomic E-state index is 6.04. The molecule has 1 heterocycles. The molecule has 0 atom stereocenters. The van der Waals surface area contributed by atoms with Gasteiger partial charge in [-0.3, -0.25) is 4.90 Å². The van der Waals surface area contributed by atoms with Crippen molar-refractivity contribution in [2.24, 2.45) is 17.6 Å². The number of thiophene rings is 1. The molecule has 102 valence electrons. The average molecular weight is 331 g/mol. The zero-order valence-electron chi connectivity index (χ0n) is 11.4. The number of rotatable bonds is 5. The fourth-order valence-corrected chi connectivity index (χ4v) is 4.36. The normalized spacial score (nSPS) is 27.8. The fraction of sp³-hybridized carbons (Fsp3) is 0.714. The maximum Gasteiger partial charge on any atom is 0.0338 e. The van der Waals surface area contributed by atoms with E-state index in [4.69, 9.17) is 5.73 Å². The number of hydrogen-bond donors (Lipinski definition) is 1. The second kappa shape index (κ2) is 5.61. The molecule has 0 amide bonds. The summed E-state index contributed by atoms with van der Waals surface area (Å²) in [6, 6.07) is 2.21. The largest absolute Gasteiger partial charge is 0.329 e. The third-order valence-electron chi connectivity index (χ3n) is 4.43. The summed E-state index contributed by atoms with van der Waals surface area (Å²) in [6.45, 7) is 6.43. The zero-order valence-corrected chi connectivity index (χ0v) is 13.9. The molecule has 0 aromatic carbocycles. The Morgan fingerprint density at radius 1 is 1.56 bits per heavy atom. The minimum Gasteiger partial charge on any atom is -0.329 e. The minimum atomic E-state index is 0.241. The van der Waals surface area contributed by atoms with E-state index in [0.717, 1.165) is 24.9 Å². The van der Waals surface area contributed by atoms with E-state index in [0.29, 0.717) is 0 Å². The maximum atomic E-state index is 6.04. The van der Waals surface area contributed by atoms with Gasteiger partial charge in [-0.2, -0.15) is 0 Å². The number of nitrogens with zero attached hydrogens (tertiary/aromatic N) is 1. The van der Waals surface area contributed by atoms with Crippen LogP contribution < -0.4 is 5.73 Å². The molecule has 1 saturated carbocycles. The van der Waals surface area contributed by atoms with Crippen molar-refractivity contribution in [3.63, 3.8) is 0 Å². The Hall–Kier alpha value is 0.1000. The lowest BCUT2D eigenvalue weighted by Crippen LogP contribution is -2.60. The van der Waals surface area contributed by atoms with Crippen molar-refractivity contribution < 1.29 is 0 Å². The van der Waals surface area contributed by atoms with Gasteiger partial charge in [0.25, 0.3) is 0 Å². The van der Waals surface area contributed by atoms with Gasteiger partial charge in [0.2, 0.25) is 0 Å². The Morgan fingerprint density at radius 3 is 2.67 bits per heavy atom. The molecule has 0 spiro atoms. The first-order chi connectivity index (χ1) is 8.47. The van der Waals surface area contributed by atoms with Gasteiger partial charge < -0.3 is 5.73 Å². The molecule has 1 aromatic heterocycles. The highest BCUT2D eigenvalue weighted by Crippen LogP contribution is 2.45. The highest BCUT2D eigenvalue weighted by Gasteiger charge is 2.46. The van der Waals surface area contributed by atoms with Crippen LogP contribution in [-0.2, 0) is 6.54 Å². The number of likely N-dealkylation sites (N-methyl/N-ethyl adjacent to an activating group) is 1. The molecule has 2 rings (SSSR count). The van der Waals surface area contributed by atoms with Crippen LogP contribution in [0.25, 0.3) is 0 Å². The molecular formula is C14H23BrN2S. The molecule has 18 heavy (non-hydrogen) atoms. The van der Waals surface area contributed by atoms with Crippen LogP contribution in [0.1, 0.15) is 31.6 Å². The topological polar surface area (TPSA) is 29.3 Å². The van der Waals surface area contributed by atoms with E-state index in [1.54, 1.807) is 0 Å². The van der Waals surface area contributed by atoms with E-state index in [-0.39, 0.29) is 5.54 Å². The monoisotopic (exact) mass is 330 g/mol. The third kappa shape index (κ3) is 2.82. The van der Waals surface area contributed by atoms with E-state index in [9.17, 15) is 0 Å². The van der Waals surface area contributed by atoms with E-state index in [1.165, 1.54) is 22.2 Å². The van der Waals surface area contributed by atoms with Crippen LogP contribution in [0.2, 0.25) is 0 Å². The molecule has 0 aliphatic heterocycles. The molecule has 1 aliphatic carbocycles. The zero-order chi connectivity index (χ0) is 13.3. The van der Waals surface area contributed by atoms with E-state index >= 15 is 0 Å². The summed E-state index contributed by atoms with van der Waals surface area (Å²) in [6.07, 6.45) is 2.51. The Labute approximate surface area is 123 Å². The molecule has 0 bridgehead atoms. The van der Waals surface area contributed by atoms with Crippen LogP contribution in [0.15, 0.2) is 15.9 Å². The first kappa shape index (κ1) is 14.5. The number of halogens is 1. The molecule has 2 nitrogen and oxygen atoms in total. The first-order valence-electron chi connectivity index (χ1n) is 6.61. The van der Waals surface area contributed by atoms with Crippen molar-refractivity contribution in [3.8, 4) is 0 Å². The van der Waals surface area contributed by atoms with Crippen molar-refractivity contribution in [1.29, 1.82) is 0 Å². The molecule has 1 aliphatic rings. The average Bonchev–Trinajstić information content (AvgIpc) is 2.62. The fourth-order valence-electron chi connectivity index (χ4n) is 2.86. The van der Waals surface area contributed by atoms with Crippen molar-refractivity contribution >= 4 is 27.3 Å². The van der Waals surface area contributed by atoms with Crippen LogP contribution in [-0.4, -0.2) is 24.0 Å². The Bertz CT molecular complexity index is 396. The molecule has 4 heteroatoms. The van der Waals surface area contributed by atoms with Crippen molar-refractivity contribution in [1.82, 2.24) is 4.90 Å². The highest BCUT2D eigenvalue weighted by molar-refractivity contribution is 9.10. The summed E-state index contributed by atoms with van der Waals surface area (Å²) in [5.41, 5.74) is 6.28. The Kier molecular flexibility index (Phi) is 4.52. The van der Waals surface area contributed by atoms with Gasteiger partial charge in [0.15, 0.2) is 0 Å². The molecule has 0 saturated heterocycles. The van der Waals surface area contributed by atoms with Gasteiger partial charge in [0.1, 0.15) is 0 Å². The number of nitrogens with two attached hydrogens (primary N) is 1. The first-order valence-corrected chi connectivity index (χ1v) is 8.28. The van der Waals surface area contributed by atoms with Gasteiger partial charge in [-0.15, -0.1) is 11.3 Å². The van der Waals surface area contributed by atoms with Crippen molar-refractivity contribution in [2.45, 2.75) is 38.8 Å². The van der Waals surface area contributed by atoms with Gasteiger partial charge in [-0.1, -0.05) is 13.8 Å². The SMILES string of the molecule is CC(C)C1CC(CN)(N(C)Cc2cc(Br)cs2)C1. The van der Waals surface area contributed by atoms with Crippen molar-refractivity contribution in [2.75, 3.05) is 13.6 Å². The molecule has 0 radical (unpaired) electrons. The lowest BCUT2D eigenvalue weighted by Gasteiger charge is -2.54. The predicted molar refractivity (Wildman–Crippen MR) is 82.8 cm³/mol. The lowest BCUT2D eigenvalue weighted by molar-refractivity contribution is -0.0239. The van der Waals surface area contributed by atoms with E-state index < -0.39 is 0 Å². The predicted octanol–water partition coefficient (Wildman–Crippen LogP) is 3.71. The number of hydrogen-bond acceptors (Lipinski definition) is 3. The highest BCUT2D eigenvalue weighted by atomic mass is 79.9. The van der Waals surface area contributed by atoms with Crippen LogP contribution >= 0.6 is 27.3 Å². The minimum absolute atomic E-state index is 0.241. The summed E-state index contributed by atoms with van der Waals surface area (Å²) >= 11 is 5.33. The van der Waals surface area contributed by atoms with Crippen molar-refractivity contribution in [3.05, 3.63) is 20.8 Å². The summed E-state index contributed by atoms with van der Waals surface area (Å²) in [4.78, 5) is 3.87. The molecule has 2 N–H and O–H groups in total. The van der Waals surface area contributed by atoms with Gasteiger partial charge in [-0.05, 0) is 53.7 Å². The summed E-state index contributed by atoms with van der Waals surface area (Å²) in [7, 11) is 2.22. The van der Waals surface area contributed by atoms with Gasteiger partial charge in [-0.25, -0.2) is 0 Å². The Morgan fingerprint density at radius 2 is 2.22 bits per heavy atom. The molecule has 1 aromatic rings.